The van der Waals surface area contributed by atoms with E-state index < -0.39 is 10.0 Å². The van der Waals surface area contributed by atoms with E-state index in [1.807, 2.05) is 13.8 Å². The molecule has 0 bridgehead atoms. The van der Waals surface area contributed by atoms with Crippen molar-refractivity contribution in [3.63, 3.8) is 0 Å². The van der Waals surface area contributed by atoms with Crippen LogP contribution in [0.3, 0.4) is 0 Å². The van der Waals surface area contributed by atoms with Gasteiger partial charge in [-0.25, -0.2) is 8.42 Å². The third-order valence-electron chi connectivity index (χ3n) is 3.54. The molecule has 1 aromatic carbocycles. The lowest BCUT2D eigenvalue weighted by atomic mass is 10.1. The van der Waals surface area contributed by atoms with E-state index in [2.05, 4.69) is 15.9 Å². The largest absolute Gasteiger partial charge is 0.244 e. The third-order valence-corrected chi connectivity index (χ3v) is 6.92. The van der Waals surface area contributed by atoms with Crippen molar-refractivity contribution in [2.75, 3.05) is 6.54 Å². The molecule has 0 aromatic heterocycles. The monoisotopic (exact) mass is 365 g/mol. The molecule has 0 N–H and O–H groups in total. The predicted molar refractivity (Wildman–Crippen MR) is 81.1 cm³/mol. The average molecular weight is 367 g/mol. The lowest BCUT2D eigenvalue weighted by Gasteiger charge is -2.32. The van der Waals surface area contributed by atoms with Crippen LogP contribution < -0.4 is 0 Å². The maximum atomic E-state index is 12.7. The first-order valence-electron chi connectivity index (χ1n) is 6.31. The Bertz CT molecular complexity index is 589. The number of hydrogen-bond donors (Lipinski definition) is 0. The predicted octanol–water partition coefficient (Wildman–Crippen LogP) is 3.97. The van der Waals surface area contributed by atoms with Crippen molar-refractivity contribution in [2.24, 2.45) is 0 Å². The second-order valence-corrected chi connectivity index (χ2v) is 8.11. The fraction of sp³-hybridized carbons (Fsp3) is 0.538. The standard InChI is InChI=1S/C13H17BrClNO2S/c1-9-7-11(14)13(8-12(9)15)19(17,18)16-6-4-3-5-10(16)2/h7-8,10H,3-6H2,1-2H3/t10-/m1/s1. The number of nitrogens with zero attached hydrogens (tertiary/aromatic N) is 1. The van der Waals surface area contributed by atoms with Gasteiger partial charge >= 0.3 is 0 Å². The number of hydrogen-bond acceptors (Lipinski definition) is 2. The molecule has 2 rings (SSSR count). The lowest BCUT2D eigenvalue weighted by molar-refractivity contribution is 0.268. The van der Waals surface area contributed by atoms with Crippen molar-refractivity contribution in [1.29, 1.82) is 0 Å². The summed E-state index contributed by atoms with van der Waals surface area (Å²) in [6, 6.07) is 3.34. The van der Waals surface area contributed by atoms with E-state index in [0.29, 0.717) is 16.0 Å². The first kappa shape index (κ1) is 15.3. The molecule has 0 amide bonds. The highest BCUT2D eigenvalue weighted by molar-refractivity contribution is 9.10. The Morgan fingerprint density at radius 1 is 1.37 bits per heavy atom. The fourth-order valence-corrected chi connectivity index (χ4v) is 5.45. The molecule has 19 heavy (non-hydrogen) atoms. The molecule has 1 saturated heterocycles. The van der Waals surface area contributed by atoms with Gasteiger partial charge in [-0.1, -0.05) is 18.0 Å². The van der Waals surface area contributed by atoms with Gasteiger partial charge in [0.05, 0.1) is 4.90 Å². The number of aryl methyl sites for hydroxylation is 1. The molecule has 1 heterocycles. The Morgan fingerprint density at radius 2 is 2.05 bits per heavy atom. The lowest BCUT2D eigenvalue weighted by Crippen LogP contribution is -2.42. The van der Waals surface area contributed by atoms with Crippen molar-refractivity contribution >= 4 is 37.6 Å². The van der Waals surface area contributed by atoms with Gasteiger partial charge in [-0.05, 0) is 60.3 Å². The Hall–Kier alpha value is -0.100. The van der Waals surface area contributed by atoms with Gasteiger partial charge in [-0.15, -0.1) is 0 Å². The van der Waals surface area contributed by atoms with E-state index in [4.69, 9.17) is 11.6 Å². The maximum Gasteiger partial charge on any atom is 0.244 e. The number of sulfonamides is 1. The van der Waals surface area contributed by atoms with Gasteiger partial charge < -0.3 is 0 Å². The van der Waals surface area contributed by atoms with E-state index in [0.717, 1.165) is 24.8 Å². The Morgan fingerprint density at radius 3 is 2.68 bits per heavy atom. The summed E-state index contributed by atoms with van der Waals surface area (Å²) in [5, 5.41) is 0.478. The van der Waals surface area contributed by atoms with Gasteiger partial charge in [0.15, 0.2) is 0 Å². The molecule has 106 valence electrons. The van der Waals surface area contributed by atoms with Gasteiger partial charge in [0, 0.05) is 22.1 Å². The molecule has 1 atom stereocenters. The Kier molecular flexibility index (Phi) is 4.60. The van der Waals surface area contributed by atoms with E-state index >= 15 is 0 Å². The van der Waals surface area contributed by atoms with Crippen molar-refractivity contribution in [3.8, 4) is 0 Å². The second kappa shape index (κ2) is 5.72. The summed E-state index contributed by atoms with van der Waals surface area (Å²) in [6.07, 6.45) is 2.92. The smallest absolute Gasteiger partial charge is 0.207 e. The number of benzene rings is 1. The molecule has 1 fully saturated rings. The normalized spacial score (nSPS) is 21.6. The van der Waals surface area contributed by atoms with Crippen molar-refractivity contribution in [1.82, 2.24) is 4.31 Å². The van der Waals surface area contributed by atoms with E-state index in [1.54, 1.807) is 10.4 Å². The van der Waals surface area contributed by atoms with Crippen LogP contribution in [0.4, 0.5) is 0 Å². The highest BCUT2D eigenvalue weighted by Gasteiger charge is 2.32. The molecular formula is C13H17BrClNO2S. The SMILES string of the molecule is Cc1cc(Br)c(S(=O)(=O)N2CCCC[C@H]2C)cc1Cl. The summed E-state index contributed by atoms with van der Waals surface area (Å²) in [5.74, 6) is 0. The summed E-state index contributed by atoms with van der Waals surface area (Å²) < 4.78 is 27.6. The fourth-order valence-electron chi connectivity index (χ4n) is 2.38. The molecule has 0 saturated carbocycles. The third kappa shape index (κ3) is 2.99. The summed E-state index contributed by atoms with van der Waals surface area (Å²) in [6.45, 7) is 4.40. The topological polar surface area (TPSA) is 37.4 Å². The van der Waals surface area contributed by atoms with Crippen LogP contribution in [0.25, 0.3) is 0 Å². The van der Waals surface area contributed by atoms with Crippen LogP contribution in [-0.2, 0) is 10.0 Å². The molecule has 1 aliphatic rings. The van der Waals surface area contributed by atoms with E-state index in [1.165, 1.54) is 6.07 Å². The Balaban J connectivity index is 2.47. The molecular weight excluding hydrogens is 350 g/mol. The summed E-state index contributed by atoms with van der Waals surface area (Å²) in [5.41, 5.74) is 0.860. The van der Waals surface area contributed by atoms with Crippen LogP contribution in [0.15, 0.2) is 21.5 Å². The van der Waals surface area contributed by atoms with Crippen LogP contribution >= 0.6 is 27.5 Å². The number of rotatable bonds is 2. The molecule has 0 unspecified atom stereocenters. The van der Waals surface area contributed by atoms with E-state index in [9.17, 15) is 8.42 Å². The van der Waals surface area contributed by atoms with Gasteiger partial charge in [0.1, 0.15) is 0 Å². The quantitative estimate of drug-likeness (QED) is 0.794. The van der Waals surface area contributed by atoms with Crippen LogP contribution in [0.2, 0.25) is 5.02 Å². The zero-order chi connectivity index (χ0) is 14.2. The average Bonchev–Trinajstić information content (AvgIpc) is 2.34. The summed E-state index contributed by atoms with van der Waals surface area (Å²) >= 11 is 9.40. The molecule has 1 aliphatic heterocycles. The number of halogens is 2. The van der Waals surface area contributed by atoms with E-state index in [-0.39, 0.29) is 10.9 Å². The maximum absolute atomic E-state index is 12.7. The second-order valence-electron chi connectivity index (χ2n) is 4.99. The van der Waals surface area contributed by atoms with Crippen molar-refractivity contribution in [2.45, 2.75) is 44.0 Å². The van der Waals surface area contributed by atoms with Gasteiger partial charge in [0.25, 0.3) is 0 Å². The Labute approximate surface area is 128 Å². The van der Waals surface area contributed by atoms with Crippen molar-refractivity contribution in [3.05, 3.63) is 27.2 Å². The van der Waals surface area contributed by atoms with Gasteiger partial charge in [-0.3, -0.25) is 0 Å². The minimum atomic E-state index is -3.48. The molecule has 0 spiro atoms. The highest BCUT2D eigenvalue weighted by Crippen LogP contribution is 2.33. The zero-order valence-corrected chi connectivity index (χ0v) is 14.1. The molecule has 0 radical (unpaired) electrons. The zero-order valence-electron chi connectivity index (χ0n) is 11.0. The number of piperidine rings is 1. The molecule has 6 heteroatoms. The molecule has 0 aliphatic carbocycles. The minimum absolute atomic E-state index is 0.0470. The van der Waals surface area contributed by atoms with Crippen molar-refractivity contribution < 1.29 is 8.42 Å². The highest BCUT2D eigenvalue weighted by atomic mass is 79.9. The van der Waals surface area contributed by atoms with Crippen LogP contribution in [0.1, 0.15) is 31.7 Å². The van der Waals surface area contributed by atoms with Gasteiger partial charge in [0.2, 0.25) is 10.0 Å². The van der Waals surface area contributed by atoms with Gasteiger partial charge in [-0.2, -0.15) is 4.31 Å². The van der Waals surface area contributed by atoms with Crippen LogP contribution in [0, 0.1) is 6.92 Å². The van der Waals surface area contributed by atoms with Crippen LogP contribution in [-0.4, -0.2) is 25.3 Å². The molecule has 3 nitrogen and oxygen atoms in total. The summed E-state index contributed by atoms with van der Waals surface area (Å²) in [4.78, 5) is 0.261. The first-order chi connectivity index (χ1) is 8.84. The molecule has 1 aromatic rings. The van der Waals surface area contributed by atoms with Crippen LogP contribution in [0.5, 0.6) is 0 Å². The first-order valence-corrected chi connectivity index (χ1v) is 8.92. The summed E-state index contributed by atoms with van der Waals surface area (Å²) in [7, 11) is -3.48. The minimum Gasteiger partial charge on any atom is -0.207 e.